The quantitative estimate of drug-likeness (QED) is 0.289. The maximum atomic E-state index is 10.6. The molecule has 2 aromatic carbocycles. The molecule has 2 aromatic heterocycles. The summed E-state index contributed by atoms with van der Waals surface area (Å²) >= 11 is 0. The molecule has 0 aliphatic carbocycles. The van der Waals surface area contributed by atoms with Gasteiger partial charge >= 0.3 is 0 Å². The Bertz CT molecular complexity index is 1240. The van der Waals surface area contributed by atoms with Crippen LogP contribution in [0.4, 0.5) is 0 Å². The van der Waals surface area contributed by atoms with E-state index in [1.807, 2.05) is 48.7 Å². The van der Waals surface area contributed by atoms with Gasteiger partial charge in [0, 0.05) is 37.6 Å². The van der Waals surface area contributed by atoms with Crippen molar-refractivity contribution in [2.75, 3.05) is 13.1 Å². The first-order chi connectivity index (χ1) is 16.3. The Labute approximate surface area is 193 Å². The highest BCUT2D eigenvalue weighted by molar-refractivity contribution is 5.89. The molecule has 3 heterocycles. The van der Waals surface area contributed by atoms with Crippen LogP contribution in [-0.2, 0) is 11.3 Å². The monoisotopic (exact) mass is 438 g/mol. The molecule has 1 fully saturated rings. The van der Waals surface area contributed by atoms with Crippen LogP contribution in [0.3, 0.4) is 0 Å². The molecule has 4 aromatic rings. The highest BCUT2D eigenvalue weighted by Crippen LogP contribution is 2.30. The molecule has 0 atom stereocenters. The van der Waals surface area contributed by atoms with Gasteiger partial charge in [-0.15, -0.1) is 0 Å². The van der Waals surface area contributed by atoms with E-state index in [1.165, 1.54) is 0 Å². The van der Waals surface area contributed by atoms with Gasteiger partial charge in [0.2, 0.25) is 0 Å². The molecule has 0 amide bonds. The zero-order valence-electron chi connectivity index (χ0n) is 18.4. The van der Waals surface area contributed by atoms with E-state index in [-0.39, 0.29) is 0 Å². The van der Waals surface area contributed by atoms with Gasteiger partial charge in [-0.1, -0.05) is 18.2 Å². The standard InChI is InChI=1S/C27H26N4O2/c32-18-4-14-30-15-11-21(12-16-30)19-31-17-13-25-27(31)26(29-20-28-25)22-7-9-24(10-8-22)33-23-5-2-1-3-6-23/h1-10,13-14,17-18,20-21H,11-12,15-16,19H2. The fourth-order valence-corrected chi connectivity index (χ4v) is 4.42. The number of hydrogen-bond acceptors (Lipinski definition) is 5. The number of ether oxygens (including phenoxy) is 1. The molecule has 0 radical (unpaired) electrons. The van der Waals surface area contributed by atoms with Gasteiger partial charge in [0.05, 0.1) is 16.7 Å². The number of aromatic nitrogens is 3. The third kappa shape index (κ3) is 4.80. The van der Waals surface area contributed by atoms with Crippen LogP contribution in [0.5, 0.6) is 11.5 Å². The van der Waals surface area contributed by atoms with E-state index in [4.69, 9.17) is 4.74 Å². The lowest BCUT2D eigenvalue weighted by Gasteiger charge is -2.31. The van der Waals surface area contributed by atoms with E-state index in [0.29, 0.717) is 5.92 Å². The highest BCUT2D eigenvalue weighted by atomic mass is 16.5. The first-order valence-corrected chi connectivity index (χ1v) is 11.3. The molecule has 0 saturated carbocycles. The van der Waals surface area contributed by atoms with Crippen molar-refractivity contribution < 1.29 is 9.53 Å². The van der Waals surface area contributed by atoms with Gasteiger partial charge in [0.1, 0.15) is 24.1 Å². The molecular formula is C27H26N4O2. The summed E-state index contributed by atoms with van der Waals surface area (Å²) in [5.41, 5.74) is 3.99. The number of rotatable bonds is 7. The number of fused-ring (bicyclic) bond motifs is 1. The van der Waals surface area contributed by atoms with Gasteiger partial charge < -0.3 is 14.2 Å². The topological polar surface area (TPSA) is 60.2 Å². The summed E-state index contributed by atoms with van der Waals surface area (Å²) in [4.78, 5) is 21.9. The van der Waals surface area contributed by atoms with Crippen molar-refractivity contribution >= 4 is 17.3 Å². The first-order valence-electron chi connectivity index (χ1n) is 11.3. The van der Waals surface area contributed by atoms with Gasteiger partial charge in [0.25, 0.3) is 0 Å². The Morgan fingerprint density at radius 1 is 0.939 bits per heavy atom. The molecule has 0 spiro atoms. The smallest absolute Gasteiger partial charge is 0.144 e. The van der Waals surface area contributed by atoms with Crippen molar-refractivity contribution in [2.45, 2.75) is 19.4 Å². The Morgan fingerprint density at radius 2 is 1.70 bits per heavy atom. The number of carbonyl (C=O) groups is 1. The third-order valence-electron chi connectivity index (χ3n) is 6.14. The number of piperidine rings is 1. The molecule has 6 nitrogen and oxygen atoms in total. The van der Waals surface area contributed by atoms with Crippen LogP contribution in [0.1, 0.15) is 12.8 Å². The fraction of sp³-hybridized carbons (Fsp3) is 0.222. The average Bonchev–Trinajstić information content (AvgIpc) is 3.28. The second kappa shape index (κ2) is 9.69. The molecule has 1 aliphatic rings. The summed E-state index contributed by atoms with van der Waals surface area (Å²) in [6.45, 7) is 2.88. The molecular weight excluding hydrogens is 412 g/mol. The van der Waals surface area contributed by atoms with Crippen molar-refractivity contribution in [2.24, 2.45) is 5.92 Å². The van der Waals surface area contributed by atoms with Crippen molar-refractivity contribution in [3.05, 3.63) is 85.5 Å². The van der Waals surface area contributed by atoms with Crippen molar-refractivity contribution in [1.29, 1.82) is 0 Å². The van der Waals surface area contributed by atoms with Gasteiger partial charge in [-0.2, -0.15) is 0 Å². The lowest BCUT2D eigenvalue weighted by atomic mass is 9.97. The van der Waals surface area contributed by atoms with Crippen LogP contribution < -0.4 is 4.74 Å². The van der Waals surface area contributed by atoms with Crippen LogP contribution in [0.15, 0.2) is 85.5 Å². The molecule has 1 saturated heterocycles. The molecule has 6 heteroatoms. The molecule has 1 aliphatic heterocycles. The summed E-state index contributed by atoms with van der Waals surface area (Å²) in [6.07, 6.45) is 10.2. The van der Waals surface area contributed by atoms with E-state index < -0.39 is 0 Å². The van der Waals surface area contributed by atoms with Crippen molar-refractivity contribution in [1.82, 2.24) is 19.4 Å². The number of benzene rings is 2. The van der Waals surface area contributed by atoms with Crippen LogP contribution in [-0.4, -0.2) is 38.8 Å². The van der Waals surface area contributed by atoms with Crippen LogP contribution in [0, 0.1) is 5.92 Å². The second-order valence-electron chi connectivity index (χ2n) is 8.32. The van der Waals surface area contributed by atoms with Crippen molar-refractivity contribution in [3.8, 4) is 22.8 Å². The largest absolute Gasteiger partial charge is 0.457 e. The Kier molecular flexibility index (Phi) is 6.15. The number of allylic oxidation sites excluding steroid dienone is 1. The van der Waals surface area contributed by atoms with Crippen LogP contribution in [0.25, 0.3) is 22.3 Å². The van der Waals surface area contributed by atoms with Crippen molar-refractivity contribution in [3.63, 3.8) is 0 Å². The number of aldehydes is 1. The molecule has 166 valence electrons. The lowest BCUT2D eigenvalue weighted by Crippen LogP contribution is -2.31. The van der Waals surface area contributed by atoms with Gasteiger partial charge in [0.15, 0.2) is 0 Å². The summed E-state index contributed by atoms with van der Waals surface area (Å²) in [5, 5.41) is 0. The molecule has 0 unspecified atom stereocenters. The Balaban J connectivity index is 1.35. The van der Waals surface area contributed by atoms with E-state index in [1.54, 1.807) is 12.4 Å². The maximum absolute atomic E-state index is 10.6. The van der Waals surface area contributed by atoms with Crippen LogP contribution >= 0.6 is 0 Å². The molecule has 5 rings (SSSR count). The summed E-state index contributed by atoms with van der Waals surface area (Å²) < 4.78 is 8.23. The third-order valence-corrected chi connectivity index (χ3v) is 6.14. The molecule has 0 N–H and O–H groups in total. The first kappa shape index (κ1) is 20.9. The second-order valence-corrected chi connectivity index (χ2v) is 8.32. The zero-order valence-corrected chi connectivity index (χ0v) is 18.4. The summed E-state index contributed by atoms with van der Waals surface area (Å²) in [5.74, 6) is 2.19. The van der Waals surface area contributed by atoms with Gasteiger partial charge in [-0.05, 0) is 67.3 Å². The predicted molar refractivity (Wildman–Crippen MR) is 129 cm³/mol. The lowest BCUT2D eigenvalue weighted by molar-refractivity contribution is -0.104. The SMILES string of the molecule is O=CC=CN1CCC(Cn2ccc3ncnc(-c4ccc(Oc5ccccc5)cc4)c32)CC1. The number of hydrogen-bond donors (Lipinski definition) is 0. The summed E-state index contributed by atoms with van der Waals surface area (Å²) in [6, 6.07) is 19.9. The fourth-order valence-electron chi connectivity index (χ4n) is 4.42. The maximum Gasteiger partial charge on any atom is 0.144 e. The molecule has 33 heavy (non-hydrogen) atoms. The van der Waals surface area contributed by atoms with Gasteiger partial charge in [-0.3, -0.25) is 4.79 Å². The van der Waals surface area contributed by atoms with E-state index in [2.05, 4.69) is 43.8 Å². The number of nitrogens with zero attached hydrogens (tertiary/aromatic N) is 4. The zero-order chi connectivity index (χ0) is 22.5. The van der Waals surface area contributed by atoms with E-state index >= 15 is 0 Å². The van der Waals surface area contributed by atoms with Crippen LogP contribution in [0.2, 0.25) is 0 Å². The van der Waals surface area contributed by atoms with E-state index in [0.717, 1.165) is 72.6 Å². The number of para-hydroxylation sites is 1. The normalized spacial score (nSPS) is 14.7. The average molecular weight is 439 g/mol. The number of likely N-dealkylation sites (tertiary alicyclic amines) is 1. The minimum Gasteiger partial charge on any atom is -0.457 e. The minimum atomic E-state index is 0.580. The Morgan fingerprint density at radius 3 is 2.45 bits per heavy atom. The Hall–Kier alpha value is -3.93. The van der Waals surface area contributed by atoms with E-state index in [9.17, 15) is 4.79 Å². The van der Waals surface area contributed by atoms with Gasteiger partial charge in [-0.25, -0.2) is 9.97 Å². The predicted octanol–water partition coefficient (Wildman–Crippen LogP) is 5.32. The number of carbonyl (C=O) groups excluding carboxylic acids is 1. The highest BCUT2D eigenvalue weighted by Gasteiger charge is 2.20. The minimum absolute atomic E-state index is 0.580. The molecule has 0 bridgehead atoms. The summed E-state index contributed by atoms with van der Waals surface area (Å²) in [7, 11) is 0.